The molecule has 0 aliphatic rings. The van der Waals surface area contributed by atoms with Gasteiger partial charge in [-0.25, -0.2) is 9.78 Å². The second kappa shape index (κ2) is 5.06. The average Bonchev–Trinajstić information content (AvgIpc) is 2.34. The summed E-state index contributed by atoms with van der Waals surface area (Å²) in [6.07, 6.45) is 1.55. The molecule has 18 heavy (non-hydrogen) atoms. The molecule has 2 aromatic rings. The van der Waals surface area contributed by atoms with Crippen molar-refractivity contribution >= 4 is 17.6 Å². The van der Waals surface area contributed by atoms with Gasteiger partial charge in [0, 0.05) is 6.20 Å². The summed E-state index contributed by atoms with van der Waals surface area (Å²) in [7, 11) is 0. The quantitative estimate of drug-likeness (QED) is 0.920. The number of aromatic nitrogens is 1. The predicted molar refractivity (Wildman–Crippen MR) is 67.5 cm³/mol. The summed E-state index contributed by atoms with van der Waals surface area (Å²) in [5.74, 6) is -0.327. The summed E-state index contributed by atoms with van der Waals surface area (Å²) >= 11 is 5.92. The fourth-order valence-electron chi connectivity index (χ4n) is 1.39. The summed E-state index contributed by atoms with van der Waals surface area (Å²) in [5.41, 5.74) is 0.962. The van der Waals surface area contributed by atoms with Crippen molar-refractivity contribution < 1.29 is 14.6 Å². The zero-order valence-electron chi connectivity index (χ0n) is 9.55. The number of carbonyl (C=O) groups is 1. The molecule has 0 aliphatic heterocycles. The Bertz CT molecular complexity index is 599. The molecule has 0 amide bonds. The van der Waals surface area contributed by atoms with Crippen LogP contribution in [0.15, 0.2) is 36.5 Å². The number of benzene rings is 1. The summed E-state index contributed by atoms with van der Waals surface area (Å²) in [6, 6.07) is 7.98. The van der Waals surface area contributed by atoms with E-state index < -0.39 is 5.97 Å². The van der Waals surface area contributed by atoms with Crippen LogP contribution in [0.5, 0.6) is 11.6 Å². The van der Waals surface area contributed by atoms with Crippen molar-refractivity contribution in [2.75, 3.05) is 0 Å². The van der Waals surface area contributed by atoms with Gasteiger partial charge in [0.15, 0.2) is 0 Å². The SMILES string of the molecule is Cc1ccc(C(=O)O)cc1Oc1ncccc1Cl. The number of halogens is 1. The average molecular weight is 264 g/mol. The number of aromatic carboxylic acids is 1. The molecule has 1 heterocycles. The minimum absolute atomic E-state index is 0.155. The van der Waals surface area contributed by atoms with Gasteiger partial charge in [0.2, 0.25) is 5.88 Å². The van der Waals surface area contributed by atoms with Crippen molar-refractivity contribution in [3.8, 4) is 11.6 Å². The van der Waals surface area contributed by atoms with E-state index in [0.29, 0.717) is 10.8 Å². The molecule has 0 aliphatic carbocycles. The summed E-state index contributed by atoms with van der Waals surface area (Å²) < 4.78 is 5.52. The lowest BCUT2D eigenvalue weighted by atomic mass is 10.1. The van der Waals surface area contributed by atoms with E-state index in [2.05, 4.69) is 4.98 Å². The van der Waals surface area contributed by atoms with Gasteiger partial charge in [-0.3, -0.25) is 0 Å². The van der Waals surface area contributed by atoms with E-state index in [1.165, 1.54) is 12.1 Å². The second-order valence-electron chi connectivity index (χ2n) is 3.68. The van der Waals surface area contributed by atoms with E-state index >= 15 is 0 Å². The number of carboxylic acid groups (broad SMARTS) is 1. The van der Waals surface area contributed by atoms with Gasteiger partial charge in [-0.05, 0) is 36.8 Å². The van der Waals surface area contributed by atoms with E-state index in [1.807, 2.05) is 6.92 Å². The highest BCUT2D eigenvalue weighted by Gasteiger charge is 2.10. The molecule has 2 rings (SSSR count). The van der Waals surface area contributed by atoms with Crippen LogP contribution in [0.1, 0.15) is 15.9 Å². The lowest BCUT2D eigenvalue weighted by Gasteiger charge is -2.09. The highest BCUT2D eigenvalue weighted by molar-refractivity contribution is 6.31. The summed E-state index contributed by atoms with van der Waals surface area (Å²) in [6.45, 7) is 1.82. The smallest absolute Gasteiger partial charge is 0.335 e. The van der Waals surface area contributed by atoms with Crippen molar-refractivity contribution in [1.29, 1.82) is 0 Å². The Hall–Kier alpha value is -2.07. The first-order valence-corrected chi connectivity index (χ1v) is 5.58. The number of aryl methyl sites for hydroxylation is 1. The van der Waals surface area contributed by atoms with E-state index in [9.17, 15) is 4.79 Å². The van der Waals surface area contributed by atoms with Gasteiger partial charge in [0.05, 0.1) is 5.56 Å². The lowest BCUT2D eigenvalue weighted by Crippen LogP contribution is -1.98. The number of pyridine rings is 1. The Morgan fingerprint density at radius 3 is 2.83 bits per heavy atom. The molecule has 0 saturated carbocycles. The van der Waals surface area contributed by atoms with E-state index in [0.717, 1.165) is 5.56 Å². The Labute approximate surface area is 109 Å². The highest BCUT2D eigenvalue weighted by Crippen LogP contribution is 2.29. The zero-order chi connectivity index (χ0) is 13.1. The molecule has 4 nitrogen and oxygen atoms in total. The van der Waals surface area contributed by atoms with Gasteiger partial charge in [-0.15, -0.1) is 0 Å². The Balaban J connectivity index is 2.37. The van der Waals surface area contributed by atoms with Crippen molar-refractivity contribution in [2.24, 2.45) is 0 Å². The molecule has 0 fully saturated rings. The van der Waals surface area contributed by atoms with E-state index in [4.69, 9.17) is 21.4 Å². The monoisotopic (exact) mass is 263 g/mol. The zero-order valence-corrected chi connectivity index (χ0v) is 10.3. The molecule has 5 heteroatoms. The molecule has 0 saturated heterocycles. The summed E-state index contributed by atoms with van der Waals surface area (Å²) in [5, 5.41) is 9.30. The van der Waals surface area contributed by atoms with Gasteiger partial charge in [-0.2, -0.15) is 0 Å². The van der Waals surface area contributed by atoms with Crippen LogP contribution in [0, 0.1) is 6.92 Å². The molecule has 0 atom stereocenters. The van der Waals surface area contributed by atoms with Crippen LogP contribution in [-0.4, -0.2) is 16.1 Å². The molecule has 0 unspecified atom stereocenters. The fraction of sp³-hybridized carbons (Fsp3) is 0.0769. The van der Waals surface area contributed by atoms with Gasteiger partial charge < -0.3 is 9.84 Å². The maximum Gasteiger partial charge on any atom is 0.335 e. The van der Waals surface area contributed by atoms with Gasteiger partial charge in [0.25, 0.3) is 0 Å². The number of ether oxygens (including phenoxy) is 1. The Morgan fingerprint density at radius 1 is 1.39 bits per heavy atom. The van der Waals surface area contributed by atoms with Crippen LogP contribution < -0.4 is 4.74 Å². The molecule has 0 radical (unpaired) electrons. The first-order chi connectivity index (χ1) is 8.58. The first kappa shape index (κ1) is 12.4. The van der Waals surface area contributed by atoms with Crippen LogP contribution in [-0.2, 0) is 0 Å². The Morgan fingerprint density at radius 2 is 2.17 bits per heavy atom. The number of hydrogen-bond donors (Lipinski definition) is 1. The number of hydrogen-bond acceptors (Lipinski definition) is 3. The van der Waals surface area contributed by atoms with Crippen LogP contribution in [0.3, 0.4) is 0 Å². The van der Waals surface area contributed by atoms with Crippen molar-refractivity contribution in [3.05, 3.63) is 52.7 Å². The van der Waals surface area contributed by atoms with Gasteiger partial charge >= 0.3 is 5.97 Å². The molecule has 1 aromatic carbocycles. The topological polar surface area (TPSA) is 59.4 Å². The minimum atomic E-state index is -1.01. The van der Waals surface area contributed by atoms with Crippen LogP contribution >= 0.6 is 11.6 Å². The number of carboxylic acids is 1. The molecular weight excluding hydrogens is 254 g/mol. The fourth-order valence-corrected chi connectivity index (χ4v) is 1.55. The van der Waals surface area contributed by atoms with Crippen LogP contribution in [0.25, 0.3) is 0 Å². The van der Waals surface area contributed by atoms with Crippen LogP contribution in [0.4, 0.5) is 0 Å². The predicted octanol–water partition coefficient (Wildman–Crippen LogP) is 3.53. The maximum atomic E-state index is 10.9. The minimum Gasteiger partial charge on any atom is -0.478 e. The number of rotatable bonds is 3. The van der Waals surface area contributed by atoms with E-state index in [-0.39, 0.29) is 11.4 Å². The third-order valence-electron chi connectivity index (χ3n) is 2.37. The van der Waals surface area contributed by atoms with Crippen molar-refractivity contribution in [2.45, 2.75) is 6.92 Å². The highest BCUT2D eigenvalue weighted by atomic mass is 35.5. The normalized spacial score (nSPS) is 10.1. The maximum absolute atomic E-state index is 10.9. The van der Waals surface area contributed by atoms with Gasteiger partial charge in [-0.1, -0.05) is 17.7 Å². The Kier molecular flexibility index (Phi) is 3.48. The van der Waals surface area contributed by atoms with Crippen molar-refractivity contribution in [1.82, 2.24) is 4.98 Å². The number of nitrogens with zero attached hydrogens (tertiary/aromatic N) is 1. The van der Waals surface area contributed by atoms with Crippen LogP contribution in [0.2, 0.25) is 5.02 Å². The first-order valence-electron chi connectivity index (χ1n) is 5.20. The molecule has 0 spiro atoms. The molecular formula is C13H10ClNO3. The third kappa shape index (κ3) is 2.60. The molecule has 0 bridgehead atoms. The van der Waals surface area contributed by atoms with Gasteiger partial charge in [0.1, 0.15) is 10.8 Å². The summed E-state index contributed by atoms with van der Waals surface area (Å²) in [4.78, 5) is 14.9. The molecule has 1 N–H and O–H groups in total. The lowest BCUT2D eigenvalue weighted by molar-refractivity contribution is 0.0696. The van der Waals surface area contributed by atoms with Crippen molar-refractivity contribution in [3.63, 3.8) is 0 Å². The molecule has 1 aromatic heterocycles. The second-order valence-corrected chi connectivity index (χ2v) is 4.09. The largest absolute Gasteiger partial charge is 0.478 e. The standard InChI is InChI=1S/C13H10ClNO3/c1-8-4-5-9(13(16)17)7-11(8)18-12-10(14)3-2-6-15-12/h2-7H,1H3,(H,16,17). The molecule has 92 valence electrons. The van der Waals surface area contributed by atoms with E-state index in [1.54, 1.807) is 24.4 Å². The third-order valence-corrected chi connectivity index (χ3v) is 2.65.